The lowest BCUT2D eigenvalue weighted by atomic mass is 9.85. The highest BCUT2D eigenvalue weighted by atomic mass is 35.5. The van der Waals surface area contributed by atoms with E-state index in [1.165, 1.54) is 0 Å². The third kappa shape index (κ3) is 3.02. The summed E-state index contributed by atoms with van der Waals surface area (Å²) in [5.41, 5.74) is 1.80. The van der Waals surface area contributed by atoms with E-state index in [9.17, 15) is 4.39 Å². The molecular weight excluding hydrogens is 291 g/mol. The molecule has 0 spiro atoms. The van der Waals surface area contributed by atoms with Crippen LogP contribution in [0.5, 0.6) is 0 Å². The summed E-state index contributed by atoms with van der Waals surface area (Å²) in [6, 6.07) is 11.2. The predicted molar refractivity (Wildman–Crippen MR) is 87.3 cm³/mol. The zero-order valence-corrected chi connectivity index (χ0v) is 13.7. The smallest absolute Gasteiger partial charge is 0.134 e. The zero-order valence-electron chi connectivity index (χ0n) is 12.1. The number of hydrogen-bond donors (Lipinski definition) is 0. The molecule has 20 heavy (non-hydrogen) atoms. The number of rotatable bonds is 2. The Bertz CT molecular complexity index is 629. The van der Waals surface area contributed by atoms with Crippen LogP contribution in [0.15, 0.2) is 41.3 Å². The van der Waals surface area contributed by atoms with Gasteiger partial charge in [0.2, 0.25) is 0 Å². The van der Waals surface area contributed by atoms with Gasteiger partial charge in [0, 0.05) is 21.0 Å². The molecule has 2 aromatic rings. The van der Waals surface area contributed by atoms with Crippen LogP contribution >= 0.6 is 23.4 Å². The van der Waals surface area contributed by atoms with E-state index in [-0.39, 0.29) is 11.2 Å². The minimum absolute atomic E-state index is 0.180. The maximum absolute atomic E-state index is 14.8. The van der Waals surface area contributed by atoms with Gasteiger partial charge in [-0.25, -0.2) is 4.39 Å². The molecule has 3 heteroatoms. The monoisotopic (exact) mass is 308 g/mol. The van der Waals surface area contributed by atoms with E-state index in [2.05, 4.69) is 0 Å². The minimum Gasteiger partial charge on any atom is -0.206 e. The van der Waals surface area contributed by atoms with Crippen molar-refractivity contribution in [1.29, 1.82) is 0 Å². The summed E-state index contributed by atoms with van der Waals surface area (Å²) >= 11 is 7.87. The van der Waals surface area contributed by atoms with Crippen molar-refractivity contribution < 1.29 is 4.39 Å². The van der Waals surface area contributed by atoms with Gasteiger partial charge in [-0.1, -0.05) is 50.6 Å². The quantitative estimate of drug-likeness (QED) is 0.598. The normalized spacial score (nSPS) is 11.7. The molecule has 0 aliphatic carbocycles. The van der Waals surface area contributed by atoms with Crippen LogP contribution in [0.3, 0.4) is 0 Å². The van der Waals surface area contributed by atoms with E-state index in [0.717, 1.165) is 10.5 Å². The first-order chi connectivity index (χ1) is 9.34. The fourth-order valence-electron chi connectivity index (χ4n) is 2.16. The number of benzene rings is 2. The Morgan fingerprint density at radius 1 is 1.05 bits per heavy atom. The Labute approximate surface area is 129 Å². The Hall–Kier alpha value is -0.990. The zero-order chi connectivity index (χ0) is 14.9. The van der Waals surface area contributed by atoms with Crippen LogP contribution in [0, 0.1) is 5.82 Å². The Morgan fingerprint density at radius 2 is 1.75 bits per heavy atom. The van der Waals surface area contributed by atoms with E-state index in [1.54, 1.807) is 17.8 Å². The Morgan fingerprint density at radius 3 is 2.35 bits per heavy atom. The summed E-state index contributed by atoms with van der Waals surface area (Å²) in [6.07, 6.45) is 1.99. The lowest BCUT2D eigenvalue weighted by Crippen LogP contribution is -2.14. The molecular formula is C17H18ClFS. The molecule has 0 amide bonds. The standard InChI is InChI=1S/C17H18ClFS/c1-17(2,3)14-7-5-6-12(16(14)19)13-10-11(20-4)8-9-15(13)18/h5-10H,1-4H3. The van der Waals surface area contributed by atoms with Gasteiger partial charge in [0.05, 0.1) is 0 Å². The highest BCUT2D eigenvalue weighted by Crippen LogP contribution is 2.36. The summed E-state index contributed by atoms with van der Waals surface area (Å²) < 4.78 is 14.8. The molecule has 0 saturated heterocycles. The predicted octanol–water partition coefficient (Wildman–Crippen LogP) is 6.17. The van der Waals surface area contributed by atoms with Gasteiger partial charge in [0.1, 0.15) is 5.82 Å². The van der Waals surface area contributed by atoms with Crippen molar-refractivity contribution in [3.8, 4) is 11.1 Å². The molecule has 0 saturated carbocycles. The first-order valence-corrected chi connectivity index (χ1v) is 8.08. The van der Waals surface area contributed by atoms with Crippen molar-refractivity contribution in [2.45, 2.75) is 31.1 Å². The second kappa shape index (κ2) is 5.79. The summed E-state index contributed by atoms with van der Waals surface area (Å²) in [7, 11) is 0. The fourth-order valence-corrected chi connectivity index (χ4v) is 2.82. The van der Waals surface area contributed by atoms with E-state index < -0.39 is 0 Å². The minimum atomic E-state index is -0.232. The SMILES string of the molecule is CSc1ccc(Cl)c(-c2cccc(C(C)(C)C)c2F)c1. The van der Waals surface area contributed by atoms with Gasteiger partial charge in [0.25, 0.3) is 0 Å². The van der Waals surface area contributed by atoms with Crippen molar-refractivity contribution in [2.75, 3.05) is 6.26 Å². The average Bonchev–Trinajstić information content (AvgIpc) is 2.38. The first-order valence-electron chi connectivity index (χ1n) is 6.47. The van der Waals surface area contributed by atoms with Gasteiger partial charge in [-0.15, -0.1) is 11.8 Å². The maximum atomic E-state index is 14.8. The van der Waals surface area contributed by atoms with Gasteiger partial charge in [-0.05, 0) is 35.4 Å². The highest BCUT2D eigenvalue weighted by Gasteiger charge is 2.21. The second-order valence-electron chi connectivity index (χ2n) is 5.76. The number of thioether (sulfide) groups is 1. The van der Waals surface area contributed by atoms with Crippen LogP contribution in [0.2, 0.25) is 5.02 Å². The van der Waals surface area contributed by atoms with Gasteiger partial charge in [0.15, 0.2) is 0 Å². The van der Waals surface area contributed by atoms with Gasteiger partial charge in [-0.3, -0.25) is 0 Å². The molecule has 0 fully saturated rings. The van der Waals surface area contributed by atoms with Crippen molar-refractivity contribution in [3.05, 3.63) is 52.8 Å². The summed E-state index contributed by atoms with van der Waals surface area (Å²) in [6.45, 7) is 6.03. The van der Waals surface area contributed by atoms with Crippen LogP contribution in [0.25, 0.3) is 11.1 Å². The number of hydrogen-bond acceptors (Lipinski definition) is 1. The Kier molecular flexibility index (Phi) is 4.46. The molecule has 2 rings (SSSR count). The van der Waals surface area contributed by atoms with E-state index in [1.807, 2.05) is 57.4 Å². The second-order valence-corrected chi connectivity index (χ2v) is 7.05. The van der Waals surface area contributed by atoms with Crippen molar-refractivity contribution in [3.63, 3.8) is 0 Å². The van der Waals surface area contributed by atoms with Gasteiger partial charge >= 0.3 is 0 Å². The maximum Gasteiger partial charge on any atom is 0.134 e. The van der Waals surface area contributed by atoms with Crippen LogP contribution in [-0.2, 0) is 5.41 Å². The molecule has 0 bridgehead atoms. The lowest BCUT2D eigenvalue weighted by Gasteiger charge is -2.21. The number of halogens is 2. The van der Waals surface area contributed by atoms with Crippen LogP contribution in [0.1, 0.15) is 26.3 Å². The molecule has 0 nitrogen and oxygen atoms in total. The summed E-state index contributed by atoms with van der Waals surface area (Å²) in [5.74, 6) is -0.180. The van der Waals surface area contributed by atoms with Crippen LogP contribution in [0.4, 0.5) is 4.39 Å². The largest absolute Gasteiger partial charge is 0.206 e. The lowest BCUT2D eigenvalue weighted by molar-refractivity contribution is 0.525. The fraction of sp³-hybridized carbons (Fsp3) is 0.294. The van der Waals surface area contributed by atoms with Crippen molar-refractivity contribution in [1.82, 2.24) is 0 Å². The van der Waals surface area contributed by atoms with Crippen LogP contribution in [-0.4, -0.2) is 6.26 Å². The Balaban J connectivity index is 2.65. The molecule has 0 heterocycles. The summed E-state index contributed by atoms with van der Waals surface area (Å²) in [4.78, 5) is 1.07. The first kappa shape index (κ1) is 15.4. The molecule has 0 N–H and O–H groups in total. The molecule has 0 radical (unpaired) electrons. The molecule has 0 aliphatic rings. The molecule has 0 aliphatic heterocycles. The van der Waals surface area contributed by atoms with Crippen molar-refractivity contribution >= 4 is 23.4 Å². The van der Waals surface area contributed by atoms with Crippen LogP contribution < -0.4 is 0 Å². The molecule has 0 atom stereocenters. The third-order valence-electron chi connectivity index (χ3n) is 3.27. The summed E-state index contributed by atoms with van der Waals surface area (Å²) in [5, 5.41) is 0.577. The average molecular weight is 309 g/mol. The highest BCUT2D eigenvalue weighted by molar-refractivity contribution is 7.98. The van der Waals surface area contributed by atoms with E-state index in [4.69, 9.17) is 11.6 Å². The topological polar surface area (TPSA) is 0 Å². The molecule has 0 unspecified atom stereocenters. The van der Waals surface area contributed by atoms with E-state index in [0.29, 0.717) is 16.1 Å². The van der Waals surface area contributed by atoms with Crippen molar-refractivity contribution in [2.24, 2.45) is 0 Å². The van der Waals surface area contributed by atoms with Gasteiger partial charge < -0.3 is 0 Å². The molecule has 106 valence electrons. The van der Waals surface area contributed by atoms with E-state index >= 15 is 0 Å². The third-order valence-corrected chi connectivity index (χ3v) is 4.33. The molecule has 2 aromatic carbocycles. The molecule has 0 aromatic heterocycles. The van der Waals surface area contributed by atoms with Gasteiger partial charge in [-0.2, -0.15) is 0 Å².